The highest BCUT2D eigenvalue weighted by Crippen LogP contribution is 2.56. The Kier molecular flexibility index (Phi) is 6.94. The average molecular weight is 584 g/mol. The zero-order valence-corrected chi connectivity index (χ0v) is 24.7. The van der Waals surface area contributed by atoms with E-state index in [2.05, 4.69) is 33.2 Å². The van der Waals surface area contributed by atoms with E-state index in [1.807, 2.05) is 18.3 Å². The van der Waals surface area contributed by atoms with Crippen LogP contribution in [0.2, 0.25) is 0 Å². The molecule has 4 aromatic rings. The summed E-state index contributed by atoms with van der Waals surface area (Å²) < 4.78 is 16.4. The van der Waals surface area contributed by atoms with E-state index in [9.17, 15) is 14.0 Å². The molecule has 0 spiro atoms. The Labute approximate surface area is 248 Å². The van der Waals surface area contributed by atoms with Crippen LogP contribution in [-0.4, -0.2) is 53.5 Å². The lowest BCUT2D eigenvalue weighted by Gasteiger charge is -2.33. The summed E-state index contributed by atoms with van der Waals surface area (Å²) in [5.74, 6) is 1.33. The molecule has 42 heavy (non-hydrogen) atoms. The monoisotopic (exact) mass is 583 g/mol. The highest BCUT2D eigenvalue weighted by atomic mass is 32.1. The first-order valence-corrected chi connectivity index (χ1v) is 15.5. The summed E-state index contributed by atoms with van der Waals surface area (Å²) in [6.07, 6.45) is 7.23. The Morgan fingerprint density at radius 3 is 2.60 bits per heavy atom. The first-order valence-electron chi connectivity index (χ1n) is 14.7. The molecule has 2 aliphatic carbocycles. The second-order valence-electron chi connectivity index (χ2n) is 11.9. The third kappa shape index (κ3) is 5.05. The second-order valence-corrected chi connectivity index (χ2v) is 13.0. The van der Waals surface area contributed by atoms with Gasteiger partial charge in [0, 0.05) is 56.3 Å². The largest absolute Gasteiger partial charge is 0.368 e. The molecule has 2 bridgehead atoms. The first-order chi connectivity index (χ1) is 20.3. The maximum atomic E-state index is 14.9. The van der Waals surface area contributed by atoms with Crippen LogP contribution in [0.1, 0.15) is 56.8 Å². The number of Topliss-reactive ketones (excluding diaryl/α,β-unsaturated/α-hetero) is 1. The van der Waals surface area contributed by atoms with Crippen LogP contribution >= 0.6 is 11.3 Å². The fraction of sp³-hybridized carbons (Fsp3) is 0.364. The number of halogens is 1. The van der Waals surface area contributed by atoms with E-state index in [-0.39, 0.29) is 17.8 Å². The van der Waals surface area contributed by atoms with Crippen LogP contribution in [0.4, 0.5) is 21.6 Å². The molecule has 2 unspecified atom stereocenters. The molecule has 2 fully saturated rings. The lowest BCUT2D eigenvalue weighted by Crippen LogP contribution is -2.44. The number of fused-ring (bicyclic) bond motifs is 5. The van der Waals surface area contributed by atoms with Crippen molar-refractivity contribution in [3.05, 3.63) is 91.9 Å². The van der Waals surface area contributed by atoms with Gasteiger partial charge in [0.25, 0.3) is 5.56 Å². The van der Waals surface area contributed by atoms with Gasteiger partial charge < -0.3 is 19.7 Å². The molecule has 1 aromatic carbocycles. The van der Waals surface area contributed by atoms with Gasteiger partial charge >= 0.3 is 0 Å². The summed E-state index contributed by atoms with van der Waals surface area (Å²) in [5, 5.41) is 3.17. The third-order valence-corrected chi connectivity index (χ3v) is 10.5. The second kappa shape index (κ2) is 10.8. The molecule has 7 rings (SSSR count). The summed E-state index contributed by atoms with van der Waals surface area (Å²) in [6.45, 7) is 3.93. The molecule has 3 aliphatic rings. The highest BCUT2D eigenvalue weighted by Gasteiger charge is 2.39. The van der Waals surface area contributed by atoms with E-state index >= 15 is 0 Å². The smallest absolute Gasteiger partial charge is 0.274 e. The molecular weight excluding hydrogens is 549 g/mol. The fourth-order valence-electron chi connectivity index (χ4n) is 6.66. The number of aromatic nitrogens is 2. The maximum absolute atomic E-state index is 14.9. The number of anilines is 3. The highest BCUT2D eigenvalue weighted by molar-refractivity contribution is 7.14. The maximum Gasteiger partial charge on any atom is 0.274 e. The van der Waals surface area contributed by atoms with Gasteiger partial charge in [0.2, 0.25) is 0 Å². The zero-order valence-electron chi connectivity index (χ0n) is 23.9. The van der Waals surface area contributed by atoms with Crippen LogP contribution in [0.5, 0.6) is 0 Å². The van der Waals surface area contributed by atoms with Crippen LogP contribution < -0.4 is 15.8 Å². The van der Waals surface area contributed by atoms with Crippen molar-refractivity contribution in [2.75, 3.05) is 43.4 Å². The Balaban J connectivity index is 1.10. The number of pyridine rings is 2. The summed E-state index contributed by atoms with van der Waals surface area (Å²) in [6, 6.07) is 12.5. The van der Waals surface area contributed by atoms with Crippen molar-refractivity contribution >= 4 is 34.3 Å². The molecule has 3 aromatic heterocycles. The van der Waals surface area contributed by atoms with Gasteiger partial charge in [-0.15, -0.1) is 11.3 Å². The molecule has 9 heteroatoms. The molecule has 1 aliphatic heterocycles. The number of benzene rings is 1. The number of aryl methyl sites for hydroxylation is 1. The normalized spacial score (nSPS) is 19.7. The van der Waals surface area contributed by atoms with E-state index in [1.54, 1.807) is 42.8 Å². The minimum Gasteiger partial charge on any atom is -0.368 e. The van der Waals surface area contributed by atoms with Gasteiger partial charge in [-0.2, -0.15) is 0 Å². The minimum atomic E-state index is -0.399. The SMILES string of the molecule is CN1CCN(c2ccc(Nc3cc(-c4ccc(F)c(CC(=O)c5cc6c(s5)C5CCC6C5)c4)cn(C)c3=O)nc2)CC1. The first kappa shape index (κ1) is 27.0. The number of hydrogen-bond donors (Lipinski definition) is 1. The summed E-state index contributed by atoms with van der Waals surface area (Å²) in [4.78, 5) is 37.5. The van der Waals surface area contributed by atoms with E-state index in [4.69, 9.17) is 0 Å². The summed E-state index contributed by atoms with van der Waals surface area (Å²) >= 11 is 1.61. The molecule has 2 atom stereocenters. The molecular formula is C33H34FN5O2S. The van der Waals surface area contributed by atoms with Crippen LogP contribution in [0, 0.1) is 5.82 Å². The number of likely N-dealkylation sites (N-methyl/N-ethyl adjacent to an activating group) is 1. The Morgan fingerprint density at radius 2 is 1.83 bits per heavy atom. The number of ketones is 1. The van der Waals surface area contributed by atoms with Crippen molar-refractivity contribution < 1.29 is 9.18 Å². The van der Waals surface area contributed by atoms with Crippen molar-refractivity contribution in [3.63, 3.8) is 0 Å². The van der Waals surface area contributed by atoms with Gasteiger partial charge in [-0.3, -0.25) is 9.59 Å². The van der Waals surface area contributed by atoms with Crippen molar-refractivity contribution in [1.29, 1.82) is 0 Å². The van der Waals surface area contributed by atoms with Gasteiger partial charge in [0.05, 0.1) is 16.8 Å². The Hall–Kier alpha value is -3.82. The number of nitrogens with zero attached hydrogens (tertiary/aromatic N) is 4. The number of thiophene rings is 1. The van der Waals surface area contributed by atoms with Crippen LogP contribution in [0.3, 0.4) is 0 Å². The number of rotatable bonds is 7. The average Bonchev–Trinajstić information content (AvgIpc) is 3.72. The minimum absolute atomic E-state index is 0.00877. The molecule has 4 heterocycles. The quantitative estimate of drug-likeness (QED) is 0.272. The molecule has 1 saturated carbocycles. The van der Waals surface area contributed by atoms with Crippen LogP contribution in [0.15, 0.2) is 59.7 Å². The van der Waals surface area contributed by atoms with Gasteiger partial charge in [-0.25, -0.2) is 9.37 Å². The molecule has 1 N–H and O–H groups in total. The number of hydrogen-bond acceptors (Lipinski definition) is 7. The van der Waals surface area contributed by atoms with Crippen molar-refractivity contribution in [2.45, 2.75) is 37.5 Å². The Bertz CT molecular complexity index is 1690. The standard InChI is InChI=1S/C33H34FN5O2S/c1-37-9-11-39(12-10-37)25-6-8-31(35-18-25)36-28-15-24(19-38(2)33(28)41)20-5-7-27(34)23(13-20)16-29(40)30-17-26-21-3-4-22(14-21)32(26)42-30/h5-8,13,15,17-19,21-22H,3-4,9-12,14,16H2,1-2H3,(H,35,36). The van der Waals surface area contributed by atoms with E-state index in [0.29, 0.717) is 28.9 Å². The third-order valence-electron chi connectivity index (χ3n) is 9.10. The number of nitrogens with one attached hydrogen (secondary N) is 1. The van der Waals surface area contributed by atoms with Gasteiger partial charge in [-0.1, -0.05) is 6.07 Å². The van der Waals surface area contributed by atoms with Crippen molar-refractivity contribution in [1.82, 2.24) is 14.5 Å². The topological polar surface area (TPSA) is 70.5 Å². The molecule has 0 radical (unpaired) electrons. The summed E-state index contributed by atoms with van der Waals surface area (Å²) in [5.41, 5.74) is 4.43. The fourth-order valence-corrected chi connectivity index (χ4v) is 7.99. The number of piperazine rings is 1. The van der Waals surface area contributed by atoms with Crippen molar-refractivity contribution in [3.8, 4) is 11.1 Å². The van der Waals surface area contributed by atoms with Crippen molar-refractivity contribution in [2.24, 2.45) is 7.05 Å². The summed E-state index contributed by atoms with van der Waals surface area (Å²) in [7, 11) is 3.82. The lowest BCUT2D eigenvalue weighted by molar-refractivity contribution is 0.0995. The van der Waals surface area contributed by atoms with Gasteiger partial charge in [-0.05, 0) is 91.2 Å². The van der Waals surface area contributed by atoms with Crippen LogP contribution in [0.25, 0.3) is 11.1 Å². The predicted octanol–water partition coefficient (Wildman–Crippen LogP) is 5.93. The molecule has 216 valence electrons. The lowest BCUT2D eigenvalue weighted by atomic mass is 9.97. The predicted molar refractivity (Wildman–Crippen MR) is 166 cm³/mol. The van der Waals surface area contributed by atoms with Crippen LogP contribution in [-0.2, 0) is 13.5 Å². The number of carbonyl (C=O) groups is 1. The zero-order chi connectivity index (χ0) is 29.0. The van der Waals surface area contributed by atoms with Gasteiger partial charge in [0.15, 0.2) is 5.78 Å². The van der Waals surface area contributed by atoms with E-state index in [0.717, 1.165) is 47.9 Å². The van der Waals surface area contributed by atoms with Gasteiger partial charge in [0.1, 0.15) is 17.3 Å². The molecule has 7 nitrogen and oxygen atoms in total. The van der Waals surface area contributed by atoms with E-state index in [1.165, 1.54) is 40.3 Å². The molecule has 0 amide bonds. The Morgan fingerprint density at radius 1 is 1.02 bits per heavy atom. The van der Waals surface area contributed by atoms with E-state index < -0.39 is 5.82 Å². The number of carbonyl (C=O) groups excluding carboxylic acids is 1. The molecule has 1 saturated heterocycles.